The summed E-state index contributed by atoms with van der Waals surface area (Å²) < 4.78 is 37.2. The number of nitriles is 1. The summed E-state index contributed by atoms with van der Waals surface area (Å²) in [6, 6.07) is 3.74. The lowest BCUT2D eigenvalue weighted by atomic mass is 10.2. The molecular weight excluding hydrogens is 255 g/mol. The Labute approximate surface area is 98.5 Å². The number of fused-ring (bicyclic) bond motifs is 1. The molecule has 0 aromatic carbocycles. The molecule has 0 saturated carbocycles. The number of hydrogen-bond acceptors (Lipinski definition) is 3. The molecule has 0 radical (unpaired) electrons. The first-order valence-corrected chi connectivity index (χ1v) is 4.74. The monoisotopic (exact) mass is 257 g/mol. The molecule has 0 aliphatic carbocycles. The maximum atomic E-state index is 12.4. The SMILES string of the molecule is N#Cc1cnc2nc(C(F)(F)F)ccc2c1Cl. The van der Waals surface area contributed by atoms with Crippen molar-refractivity contribution in [2.75, 3.05) is 0 Å². The summed E-state index contributed by atoms with van der Waals surface area (Å²) in [5, 5.41) is 8.96. The van der Waals surface area contributed by atoms with Crippen LogP contribution in [0.25, 0.3) is 11.0 Å². The summed E-state index contributed by atoms with van der Waals surface area (Å²) in [6.07, 6.45) is -3.44. The molecule has 0 saturated heterocycles. The topological polar surface area (TPSA) is 49.6 Å². The molecule has 3 nitrogen and oxygen atoms in total. The molecule has 7 heteroatoms. The minimum Gasteiger partial charge on any atom is -0.235 e. The fourth-order valence-electron chi connectivity index (χ4n) is 1.28. The van der Waals surface area contributed by atoms with Crippen molar-refractivity contribution in [2.45, 2.75) is 6.18 Å². The molecule has 0 atom stereocenters. The van der Waals surface area contributed by atoms with Crippen LogP contribution in [-0.2, 0) is 6.18 Å². The van der Waals surface area contributed by atoms with Crippen LogP contribution in [0, 0.1) is 11.3 Å². The van der Waals surface area contributed by atoms with Crippen LogP contribution in [0.1, 0.15) is 11.3 Å². The van der Waals surface area contributed by atoms with E-state index in [0.29, 0.717) is 0 Å². The summed E-state index contributed by atoms with van der Waals surface area (Å²) >= 11 is 5.82. The molecule has 0 spiro atoms. The Morgan fingerprint density at radius 3 is 2.59 bits per heavy atom. The second-order valence-corrected chi connectivity index (χ2v) is 3.54. The smallest absolute Gasteiger partial charge is 0.235 e. The van der Waals surface area contributed by atoms with E-state index in [0.717, 1.165) is 18.3 Å². The number of pyridine rings is 2. The van der Waals surface area contributed by atoms with Gasteiger partial charge in [-0.05, 0) is 12.1 Å². The van der Waals surface area contributed by atoms with Crippen LogP contribution in [0.5, 0.6) is 0 Å². The molecule has 0 fully saturated rings. The second kappa shape index (κ2) is 3.86. The van der Waals surface area contributed by atoms with Gasteiger partial charge < -0.3 is 0 Å². The van der Waals surface area contributed by atoms with Gasteiger partial charge in [-0.3, -0.25) is 0 Å². The highest BCUT2D eigenvalue weighted by Gasteiger charge is 2.32. The maximum absolute atomic E-state index is 12.4. The largest absolute Gasteiger partial charge is 0.433 e. The Balaban J connectivity index is 2.71. The number of halogens is 4. The van der Waals surface area contributed by atoms with Gasteiger partial charge in [0.2, 0.25) is 0 Å². The fraction of sp³-hybridized carbons (Fsp3) is 0.100. The molecule has 2 aromatic rings. The van der Waals surface area contributed by atoms with Gasteiger partial charge in [0, 0.05) is 11.6 Å². The van der Waals surface area contributed by atoms with Gasteiger partial charge >= 0.3 is 6.18 Å². The zero-order chi connectivity index (χ0) is 12.6. The van der Waals surface area contributed by atoms with Crippen LogP contribution in [-0.4, -0.2) is 9.97 Å². The molecule has 0 aliphatic rings. The van der Waals surface area contributed by atoms with Crippen LogP contribution in [0.15, 0.2) is 18.3 Å². The third-order valence-electron chi connectivity index (χ3n) is 2.07. The summed E-state index contributed by atoms with van der Waals surface area (Å²) in [4.78, 5) is 7.02. The highest BCUT2D eigenvalue weighted by atomic mass is 35.5. The van der Waals surface area contributed by atoms with Crippen molar-refractivity contribution in [3.05, 3.63) is 34.6 Å². The van der Waals surface area contributed by atoms with E-state index in [9.17, 15) is 13.2 Å². The molecule has 0 N–H and O–H groups in total. The van der Waals surface area contributed by atoms with E-state index in [1.807, 2.05) is 0 Å². The molecule has 0 aliphatic heterocycles. The predicted octanol–water partition coefficient (Wildman–Crippen LogP) is 3.17. The van der Waals surface area contributed by atoms with E-state index in [1.54, 1.807) is 6.07 Å². The number of rotatable bonds is 0. The molecule has 2 heterocycles. The number of nitrogens with zero attached hydrogens (tertiary/aromatic N) is 3. The summed E-state index contributed by atoms with van der Waals surface area (Å²) in [6.45, 7) is 0. The molecule has 2 aromatic heterocycles. The van der Waals surface area contributed by atoms with Crippen LogP contribution in [0.2, 0.25) is 5.02 Å². The standard InChI is InChI=1S/C10H3ClF3N3/c11-8-5(3-15)4-16-9-6(8)1-2-7(17-9)10(12,13)14/h1-2,4H. The van der Waals surface area contributed by atoms with Crippen molar-refractivity contribution in [2.24, 2.45) is 0 Å². The number of alkyl halides is 3. The Hall–Kier alpha value is -1.87. The highest BCUT2D eigenvalue weighted by molar-refractivity contribution is 6.36. The van der Waals surface area contributed by atoms with E-state index >= 15 is 0 Å². The lowest BCUT2D eigenvalue weighted by Crippen LogP contribution is -2.08. The third-order valence-corrected chi connectivity index (χ3v) is 2.48. The van der Waals surface area contributed by atoms with Crippen molar-refractivity contribution in [3.63, 3.8) is 0 Å². The number of aromatic nitrogens is 2. The van der Waals surface area contributed by atoms with Crippen molar-refractivity contribution < 1.29 is 13.2 Å². The average Bonchev–Trinajstić information content (AvgIpc) is 2.28. The van der Waals surface area contributed by atoms with Gasteiger partial charge in [0.05, 0.1) is 10.6 Å². The molecule has 0 unspecified atom stereocenters. The van der Waals surface area contributed by atoms with E-state index in [4.69, 9.17) is 16.9 Å². The third kappa shape index (κ3) is 2.01. The first kappa shape index (κ1) is 11.6. The summed E-state index contributed by atoms with van der Waals surface area (Å²) in [5.41, 5.74) is -1.08. The minimum absolute atomic E-state index is 0.0544. The van der Waals surface area contributed by atoms with Crippen molar-refractivity contribution in [1.29, 1.82) is 5.26 Å². The van der Waals surface area contributed by atoms with E-state index in [2.05, 4.69) is 9.97 Å². The Bertz CT molecular complexity index is 631. The summed E-state index contributed by atoms with van der Waals surface area (Å²) in [7, 11) is 0. The minimum atomic E-state index is -4.53. The van der Waals surface area contributed by atoms with Gasteiger partial charge in [-0.25, -0.2) is 9.97 Å². The fourth-order valence-corrected chi connectivity index (χ4v) is 1.52. The number of hydrogen-bond donors (Lipinski definition) is 0. The first-order valence-electron chi connectivity index (χ1n) is 4.36. The zero-order valence-electron chi connectivity index (χ0n) is 8.09. The van der Waals surface area contributed by atoms with Crippen LogP contribution in [0.4, 0.5) is 13.2 Å². The lowest BCUT2D eigenvalue weighted by Gasteiger charge is -2.07. The van der Waals surface area contributed by atoms with Crippen LogP contribution < -0.4 is 0 Å². The molecule has 0 bridgehead atoms. The quantitative estimate of drug-likeness (QED) is 0.728. The molecule has 2 rings (SSSR count). The molecule has 86 valence electrons. The van der Waals surface area contributed by atoms with Crippen molar-refractivity contribution in [1.82, 2.24) is 9.97 Å². The molecular formula is C10H3ClF3N3. The van der Waals surface area contributed by atoms with Gasteiger partial charge in [-0.2, -0.15) is 18.4 Å². The van der Waals surface area contributed by atoms with Gasteiger partial charge in [0.1, 0.15) is 11.8 Å². The Kier molecular flexibility index (Phi) is 2.63. The van der Waals surface area contributed by atoms with Crippen LogP contribution >= 0.6 is 11.6 Å². The Morgan fingerprint density at radius 2 is 2.00 bits per heavy atom. The van der Waals surface area contributed by atoms with Crippen molar-refractivity contribution >= 4 is 22.6 Å². The maximum Gasteiger partial charge on any atom is 0.433 e. The van der Waals surface area contributed by atoms with E-state index in [-0.39, 0.29) is 21.6 Å². The van der Waals surface area contributed by atoms with Gasteiger partial charge in [0.25, 0.3) is 0 Å². The van der Waals surface area contributed by atoms with Gasteiger partial charge in [-0.15, -0.1) is 0 Å². The highest BCUT2D eigenvalue weighted by Crippen LogP contribution is 2.30. The normalized spacial score (nSPS) is 11.5. The van der Waals surface area contributed by atoms with Crippen LogP contribution in [0.3, 0.4) is 0 Å². The van der Waals surface area contributed by atoms with E-state index in [1.165, 1.54) is 0 Å². The summed E-state index contributed by atoms with van der Waals surface area (Å²) in [5.74, 6) is 0. The zero-order valence-corrected chi connectivity index (χ0v) is 8.84. The first-order chi connectivity index (χ1) is 7.93. The van der Waals surface area contributed by atoms with Gasteiger partial charge in [0.15, 0.2) is 5.65 Å². The lowest BCUT2D eigenvalue weighted by molar-refractivity contribution is -0.141. The molecule has 0 amide bonds. The molecule has 17 heavy (non-hydrogen) atoms. The van der Waals surface area contributed by atoms with Crippen molar-refractivity contribution in [3.8, 4) is 6.07 Å². The predicted molar refractivity (Wildman–Crippen MR) is 54.3 cm³/mol. The average molecular weight is 258 g/mol. The van der Waals surface area contributed by atoms with Gasteiger partial charge in [-0.1, -0.05) is 11.6 Å². The second-order valence-electron chi connectivity index (χ2n) is 3.16. The van der Waals surface area contributed by atoms with E-state index < -0.39 is 11.9 Å². The Morgan fingerprint density at radius 1 is 1.29 bits per heavy atom.